The van der Waals surface area contributed by atoms with Crippen molar-refractivity contribution in [2.24, 2.45) is 5.41 Å². The van der Waals surface area contributed by atoms with Gasteiger partial charge in [-0.1, -0.05) is 36.8 Å². The summed E-state index contributed by atoms with van der Waals surface area (Å²) in [5, 5.41) is 21.8. The highest BCUT2D eigenvalue weighted by molar-refractivity contribution is 5.95. The molecule has 130 valence electrons. The molecule has 25 heavy (non-hydrogen) atoms. The number of aromatic carboxylic acids is 1. The summed E-state index contributed by atoms with van der Waals surface area (Å²) in [5.74, 6) is -1.47. The number of carbonyl (C=O) groups excluding carboxylic acids is 1. The number of carbonyl (C=O) groups is 2. The Bertz CT molecular complexity index is 749. The number of carboxylic acids is 1. The van der Waals surface area contributed by atoms with E-state index < -0.39 is 5.97 Å². The van der Waals surface area contributed by atoms with E-state index in [1.54, 1.807) is 0 Å². The summed E-state index contributed by atoms with van der Waals surface area (Å²) in [6.07, 6.45) is 3.97. The maximum atomic E-state index is 12.6. The van der Waals surface area contributed by atoms with Crippen LogP contribution in [0.25, 0.3) is 0 Å². The lowest BCUT2D eigenvalue weighted by Crippen LogP contribution is -2.47. The summed E-state index contributed by atoms with van der Waals surface area (Å²) < 4.78 is 0. The largest absolute Gasteiger partial charge is 0.477 e. The van der Waals surface area contributed by atoms with E-state index in [2.05, 4.69) is 10.3 Å². The van der Waals surface area contributed by atoms with Gasteiger partial charge in [-0.05, 0) is 30.5 Å². The van der Waals surface area contributed by atoms with Crippen LogP contribution in [0.15, 0.2) is 48.7 Å². The Balaban J connectivity index is 1.85. The van der Waals surface area contributed by atoms with Crippen molar-refractivity contribution in [1.29, 1.82) is 0 Å². The van der Waals surface area contributed by atoms with Crippen LogP contribution in [0.5, 0.6) is 0 Å². The molecule has 3 rings (SSSR count). The molecule has 1 amide bonds. The molecule has 0 bridgehead atoms. The second-order valence-corrected chi connectivity index (χ2v) is 6.43. The minimum absolute atomic E-state index is 0.00302. The zero-order valence-corrected chi connectivity index (χ0v) is 13.7. The third kappa shape index (κ3) is 3.39. The number of aliphatic hydroxyl groups excluding tert-OH is 1. The summed E-state index contributed by atoms with van der Waals surface area (Å²) in [6.45, 7) is 0.00302. The summed E-state index contributed by atoms with van der Waals surface area (Å²) in [4.78, 5) is 27.3. The van der Waals surface area contributed by atoms with Gasteiger partial charge in [0.1, 0.15) is 5.69 Å². The average molecular weight is 340 g/mol. The van der Waals surface area contributed by atoms with Crippen LogP contribution in [-0.4, -0.2) is 33.7 Å². The summed E-state index contributed by atoms with van der Waals surface area (Å²) in [7, 11) is 0. The van der Waals surface area contributed by atoms with E-state index in [1.807, 2.05) is 30.3 Å². The molecule has 1 atom stereocenters. The second kappa shape index (κ2) is 7.03. The van der Waals surface area contributed by atoms with Crippen LogP contribution in [0.1, 0.15) is 51.7 Å². The number of pyridine rings is 1. The van der Waals surface area contributed by atoms with Crippen LogP contribution in [-0.2, 0) is 0 Å². The summed E-state index contributed by atoms with van der Waals surface area (Å²) in [6, 6.07) is 12.0. The molecule has 1 saturated carbocycles. The number of rotatable bonds is 6. The number of hydrogen-bond donors (Lipinski definition) is 3. The van der Waals surface area contributed by atoms with Crippen molar-refractivity contribution in [3.8, 4) is 0 Å². The van der Waals surface area contributed by atoms with Gasteiger partial charge in [0.15, 0.2) is 0 Å². The number of carboxylic acid groups (broad SMARTS) is 1. The van der Waals surface area contributed by atoms with E-state index in [4.69, 9.17) is 5.11 Å². The lowest BCUT2D eigenvalue weighted by atomic mass is 9.63. The van der Waals surface area contributed by atoms with Gasteiger partial charge < -0.3 is 15.5 Å². The molecule has 2 aromatic rings. The van der Waals surface area contributed by atoms with Crippen molar-refractivity contribution in [2.75, 3.05) is 6.61 Å². The highest BCUT2D eigenvalue weighted by Crippen LogP contribution is 2.49. The fourth-order valence-corrected chi connectivity index (χ4v) is 3.27. The predicted octanol–water partition coefficient (Wildman–Crippen LogP) is 2.41. The van der Waals surface area contributed by atoms with E-state index in [0.717, 1.165) is 24.8 Å². The van der Waals surface area contributed by atoms with Crippen molar-refractivity contribution in [2.45, 2.75) is 25.3 Å². The van der Waals surface area contributed by atoms with Crippen LogP contribution in [0.2, 0.25) is 0 Å². The van der Waals surface area contributed by atoms with Gasteiger partial charge in [-0.3, -0.25) is 4.79 Å². The van der Waals surface area contributed by atoms with Gasteiger partial charge in [0.25, 0.3) is 5.91 Å². The number of nitrogens with zero attached hydrogens (tertiary/aromatic N) is 1. The normalized spacial score (nSPS) is 16.5. The maximum absolute atomic E-state index is 12.6. The van der Waals surface area contributed by atoms with E-state index in [9.17, 15) is 14.7 Å². The number of nitrogens with one attached hydrogen (secondary N) is 1. The molecule has 6 nitrogen and oxygen atoms in total. The van der Waals surface area contributed by atoms with Crippen LogP contribution < -0.4 is 5.32 Å². The monoisotopic (exact) mass is 340 g/mol. The number of amides is 1. The molecule has 0 saturated heterocycles. The van der Waals surface area contributed by atoms with Gasteiger partial charge in [0.05, 0.1) is 18.2 Å². The number of benzene rings is 1. The van der Waals surface area contributed by atoms with Crippen molar-refractivity contribution < 1.29 is 19.8 Å². The molecular formula is C19H20N2O4. The first-order valence-corrected chi connectivity index (χ1v) is 8.22. The Kier molecular flexibility index (Phi) is 4.81. The fraction of sp³-hybridized carbons (Fsp3) is 0.316. The molecular weight excluding hydrogens is 320 g/mol. The summed E-state index contributed by atoms with van der Waals surface area (Å²) >= 11 is 0. The molecule has 1 aliphatic rings. The molecule has 0 radical (unpaired) electrons. The fourth-order valence-electron chi connectivity index (χ4n) is 3.27. The minimum atomic E-state index is -1.14. The number of aromatic nitrogens is 1. The zero-order chi connectivity index (χ0) is 17.9. The number of hydrogen-bond acceptors (Lipinski definition) is 4. The molecule has 0 aliphatic heterocycles. The minimum Gasteiger partial charge on any atom is -0.477 e. The Morgan fingerprint density at radius 3 is 2.36 bits per heavy atom. The standard InChI is InChI=1S/C19H20N2O4/c22-12-19(9-4-10-19)16(13-5-2-1-3-6-13)21-17(23)14-7-8-15(18(24)25)20-11-14/h1-3,5-8,11,16,22H,4,9-10,12H2,(H,21,23)(H,24,25). The lowest BCUT2D eigenvalue weighted by molar-refractivity contribution is 0.00599. The highest BCUT2D eigenvalue weighted by atomic mass is 16.4. The van der Waals surface area contributed by atoms with Gasteiger partial charge in [-0.2, -0.15) is 0 Å². The van der Waals surface area contributed by atoms with E-state index in [1.165, 1.54) is 18.3 Å². The van der Waals surface area contributed by atoms with Gasteiger partial charge >= 0.3 is 5.97 Å². The third-order valence-corrected chi connectivity index (χ3v) is 4.93. The SMILES string of the molecule is O=C(NC(c1ccccc1)C1(CO)CCC1)c1ccc(C(=O)O)nc1. The van der Waals surface area contributed by atoms with Gasteiger partial charge in [-0.25, -0.2) is 9.78 Å². The molecule has 6 heteroatoms. The van der Waals surface area contributed by atoms with E-state index >= 15 is 0 Å². The second-order valence-electron chi connectivity index (χ2n) is 6.43. The van der Waals surface area contributed by atoms with Gasteiger partial charge in [0.2, 0.25) is 0 Å². The topological polar surface area (TPSA) is 99.5 Å². The van der Waals surface area contributed by atoms with Crippen LogP contribution in [0, 0.1) is 5.41 Å². The van der Waals surface area contributed by atoms with Gasteiger partial charge in [-0.15, -0.1) is 0 Å². The Morgan fingerprint density at radius 1 is 1.16 bits per heavy atom. The maximum Gasteiger partial charge on any atom is 0.354 e. The molecule has 1 fully saturated rings. The predicted molar refractivity (Wildman–Crippen MR) is 91.2 cm³/mol. The van der Waals surface area contributed by atoms with Crippen molar-refractivity contribution in [3.63, 3.8) is 0 Å². The molecule has 1 aliphatic carbocycles. The molecule has 1 unspecified atom stereocenters. The third-order valence-electron chi connectivity index (χ3n) is 4.93. The Morgan fingerprint density at radius 2 is 1.88 bits per heavy atom. The first-order chi connectivity index (χ1) is 12.1. The Hall–Kier alpha value is -2.73. The molecule has 3 N–H and O–H groups in total. The van der Waals surface area contributed by atoms with Crippen LogP contribution in [0.4, 0.5) is 0 Å². The first-order valence-electron chi connectivity index (χ1n) is 8.22. The molecule has 1 aromatic carbocycles. The quantitative estimate of drug-likeness (QED) is 0.750. The van der Waals surface area contributed by atoms with Crippen molar-refractivity contribution >= 4 is 11.9 Å². The van der Waals surface area contributed by atoms with E-state index in [0.29, 0.717) is 5.56 Å². The summed E-state index contributed by atoms with van der Waals surface area (Å²) in [5.41, 5.74) is 0.769. The Labute approximate surface area is 145 Å². The van der Waals surface area contributed by atoms with Crippen molar-refractivity contribution in [1.82, 2.24) is 10.3 Å². The molecule has 1 heterocycles. The lowest BCUT2D eigenvalue weighted by Gasteiger charge is -2.47. The number of aliphatic hydroxyl groups is 1. The highest BCUT2D eigenvalue weighted by Gasteiger charge is 2.45. The smallest absolute Gasteiger partial charge is 0.354 e. The zero-order valence-electron chi connectivity index (χ0n) is 13.7. The average Bonchev–Trinajstić information content (AvgIpc) is 2.61. The first kappa shape index (κ1) is 17.1. The van der Waals surface area contributed by atoms with E-state index in [-0.39, 0.29) is 29.7 Å². The van der Waals surface area contributed by atoms with Crippen LogP contribution in [0.3, 0.4) is 0 Å². The van der Waals surface area contributed by atoms with Crippen LogP contribution >= 0.6 is 0 Å². The molecule has 1 aromatic heterocycles. The van der Waals surface area contributed by atoms with Gasteiger partial charge in [0, 0.05) is 11.6 Å². The van der Waals surface area contributed by atoms with Crippen molar-refractivity contribution in [3.05, 3.63) is 65.5 Å². The molecule has 0 spiro atoms.